The van der Waals surface area contributed by atoms with Crippen LogP contribution in [0.3, 0.4) is 0 Å². The molecule has 1 N–H and O–H groups in total. The number of benzene rings is 2. The highest BCUT2D eigenvalue weighted by atomic mass is 19.4. The van der Waals surface area contributed by atoms with Gasteiger partial charge in [0.1, 0.15) is 6.04 Å². The minimum absolute atomic E-state index is 0.164. The first-order chi connectivity index (χ1) is 12.6. The van der Waals surface area contributed by atoms with Gasteiger partial charge < -0.3 is 5.11 Å². The van der Waals surface area contributed by atoms with E-state index >= 15 is 0 Å². The molecule has 7 heteroatoms. The average Bonchev–Trinajstić information content (AvgIpc) is 2.58. The molecular formula is C20H20F3NO3. The molecular weight excluding hydrogens is 359 g/mol. The molecule has 0 aliphatic heterocycles. The molecule has 0 aliphatic carbocycles. The van der Waals surface area contributed by atoms with Crippen molar-refractivity contribution in [2.45, 2.75) is 38.9 Å². The highest BCUT2D eigenvalue weighted by Crippen LogP contribution is 2.30. The lowest BCUT2D eigenvalue weighted by Crippen LogP contribution is -2.45. The van der Waals surface area contributed by atoms with Crippen LogP contribution in [0.1, 0.15) is 30.0 Å². The van der Waals surface area contributed by atoms with Crippen LogP contribution in [-0.2, 0) is 22.2 Å². The molecule has 2 aromatic rings. The third kappa shape index (κ3) is 5.09. The molecule has 0 fully saturated rings. The second-order valence-electron chi connectivity index (χ2n) is 6.24. The molecule has 0 spiro atoms. The highest BCUT2D eigenvalue weighted by molar-refractivity contribution is 6.00. The van der Waals surface area contributed by atoms with Gasteiger partial charge in [0.25, 0.3) is 0 Å². The van der Waals surface area contributed by atoms with Gasteiger partial charge in [-0.2, -0.15) is 13.2 Å². The molecule has 0 saturated heterocycles. The molecule has 1 atom stereocenters. The summed E-state index contributed by atoms with van der Waals surface area (Å²) in [5, 5.41) is 9.50. The summed E-state index contributed by atoms with van der Waals surface area (Å²) >= 11 is 0. The van der Waals surface area contributed by atoms with Crippen molar-refractivity contribution < 1.29 is 27.9 Å². The highest BCUT2D eigenvalue weighted by Gasteiger charge is 2.32. The number of carbonyl (C=O) groups excluding carboxylic acids is 1. The van der Waals surface area contributed by atoms with Crippen molar-refractivity contribution in [3.05, 3.63) is 65.2 Å². The zero-order chi connectivity index (χ0) is 20.2. The number of hydrogen-bond acceptors (Lipinski definition) is 2. The third-order valence-corrected chi connectivity index (χ3v) is 4.14. The second-order valence-corrected chi connectivity index (χ2v) is 6.24. The van der Waals surface area contributed by atoms with E-state index in [4.69, 9.17) is 0 Å². The van der Waals surface area contributed by atoms with E-state index in [1.807, 2.05) is 0 Å². The van der Waals surface area contributed by atoms with Gasteiger partial charge in [0.05, 0.1) is 12.0 Å². The monoisotopic (exact) mass is 379 g/mol. The summed E-state index contributed by atoms with van der Waals surface area (Å²) in [7, 11) is 0. The fourth-order valence-corrected chi connectivity index (χ4v) is 2.86. The average molecular weight is 379 g/mol. The Kier molecular flexibility index (Phi) is 6.25. The van der Waals surface area contributed by atoms with Crippen LogP contribution in [0.2, 0.25) is 0 Å². The number of anilines is 1. The molecule has 0 heterocycles. The largest absolute Gasteiger partial charge is 0.480 e. The zero-order valence-corrected chi connectivity index (χ0v) is 15.0. The van der Waals surface area contributed by atoms with Gasteiger partial charge in [-0.3, -0.25) is 9.69 Å². The summed E-state index contributed by atoms with van der Waals surface area (Å²) in [6.45, 7) is 3.44. The summed E-state index contributed by atoms with van der Waals surface area (Å²) in [5.41, 5.74) is 0.568. The quantitative estimate of drug-likeness (QED) is 0.807. The van der Waals surface area contributed by atoms with E-state index in [0.29, 0.717) is 5.69 Å². The number of carboxylic acids is 1. The smallest absolute Gasteiger partial charge is 0.416 e. The van der Waals surface area contributed by atoms with E-state index < -0.39 is 29.7 Å². The summed E-state index contributed by atoms with van der Waals surface area (Å²) in [5.74, 6) is -1.74. The van der Waals surface area contributed by atoms with Gasteiger partial charge in [-0.1, -0.05) is 37.3 Å². The van der Waals surface area contributed by atoms with Crippen molar-refractivity contribution in [3.8, 4) is 0 Å². The Bertz CT molecular complexity index is 833. The van der Waals surface area contributed by atoms with Crippen LogP contribution in [-0.4, -0.2) is 23.0 Å². The molecule has 4 nitrogen and oxygen atoms in total. The maximum Gasteiger partial charge on any atom is 0.416 e. The van der Waals surface area contributed by atoms with Crippen molar-refractivity contribution >= 4 is 17.6 Å². The van der Waals surface area contributed by atoms with Gasteiger partial charge in [-0.15, -0.1) is 0 Å². The minimum Gasteiger partial charge on any atom is -0.480 e. The maximum atomic E-state index is 12.9. The van der Waals surface area contributed by atoms with E-state index in [1.165, 1.54) is 12.1 Å². The predicted octanol–water partition coefficient (Wildman–Crippen LogP) is 4.45. The molecule has 0 saturated carbocycles. The number of carboxylic acid groups (broad SMARTS) is 1. The topological polar surface area (TPSA) is 57.6 Å². The summed E-state index contributed by atoms with van der Waals surface area (Å²) in [4.78, 5) is 25.6. The minimum atomic E-state index is -4.51. The van der Waals surface area contributed by atoms with E-state index in [2.05, 4.69) is 0 Å². The maximum absolute atomic E-state index is 12.9. The number of rotatable bonds is 6. The van der Waals surface area contributed by atoms with Gasteiger partial charge in [-0.25, -0.2) is 4.79 Å². The van der Waals surface area contributed by atoms with Gasteiger partial charge in [0, 0.05) is 5.69 Å². The first-order valence-corrected chi connectivity index (χ1v) is 8.41. The predicted molar refractivity (Wildman–Crippen MR) is 95.5 cm³/mol. The van der Waals surface area contributed by atoms with Gasteiger partial charge >= 0.3 is 12.1 Å². The molecule has 0 aliphatic rings. The summed E-state index contributed by atoms with van der Waals surface area (Å²) in [6.07, 6.45) is -4.68. The Morgan fingerprint density at radius 3 is 2.33 bits per heavy atom. The van der Waals surface area contributed by atoms with Gasteiger partial charge in [0.15, 0.2) is 0 Å². The van der Waals surface area contributed by atoms with E-state index in [9.17, 15) is 27.9 Å². The lowest BCUT2D eigenvalue weighted by molar-refractivity contribution is -0.140. The Labute approximate surface area is 155 Å². The van der Waals surface area contributed by atoms with Crippen LogP contribution in [0.4, 0.5) is 18.9 Å². The van der Waals surface area contributed by atoms with E-state index in [-0.39, 0.29) is 18.4 Å². The molecule has 1 amide bonds. The van der Waals surface area contributed by atoms with Crippen molar-refractivity contribution in [1.82, 2.24) is 0 Å². The number of halogens is 3. The van der Waals surface area contributed by atoms with Gasteiger partial charge in [0.2, 0.25) is 5.91 Å². The van der Waals surface area contributed by atoms with Crippen LogP contribution < -0.4 is 4.90 Å². The van der Waals surface area contributed by atoms with Crippen molar-refractivity contribution in [2.75, 3.05) is 4.90 Å². The van der Waals surface area contributed by atoms with Crippen molar-refractivity contribution in [2.24, 2.45) is 0 Å². The van der Waals surface area contributed by atoms with Gasteiger partial charge in [-0.05, 0) is 42.7 Å². The van der Waals surface area contributed by atoms with Crippen LogP contribution in [0.15, 0.2) is 48.5 Å². The lowest BCUT2D eigenvalue weighted by Gasteiger charge is -2.29. The Balaban J connectivity index is 2.38. The number of amides is 1. The molecule has 0 radical (unpaired) electrons. The normalized spacial score (nSPS) is 12.5. The van der Waals surface area contributed by atoms with E-state index in [1.54, 1.807) is 38.1 Å². The van der Waals surface area contributed by atoms with Crippen molar-refractivity contribution in [3.63, 3.8) is 0 Å². The standard InChI is InChI=1S/C20H20F3NO3/c1-3-17(19(26)27)24(16-9-4-6-13(2)10-16)18(25)12-14-7-5-8-15(11-14)20(21,22)23/h4-11,17H,3,12H2,1-2H3,(H,26,27). The Morgan fingerprint density at radius 1 is 1.11 bits per heavy atom. The van der Waals surface area contributed by atoms with E-state index in [0.717, 1.165) is 22.6 Å². The molecule has 2 aromatic carbocycles. The summed E-state index contributed by atoms with van der Waals surface area (Å²) < 4.78 is 38.7. The first-order valence-electron chi connectivity index (χ1n) is 8.41. The number of hydrogen-bond donors (Lipinski definition) is 1. The molecule has 0 bridgehead atoms. The fourth-order valence-electron chi connectivity index (χ4n) is 2.86. The number of alkyl halides is 3. The van der Waals surface area contributed by atoms with Crippen LogP contribution in [0, 0.1) is 6.92 Å². The zero-order valence-electron chi connectivity index (χ0n) is 15.0. The number of nitrogens with zero attached hydrogens (tertiary/aromatic N) is 1. The fraction of sp³-hybridized carbons (Fsp3) is 0.300. The lowest BCUT2D eigenvalue weighted by atomic mass is 10.0. The number of aryl methyl sites for hydroxylation is 1. The van der Waals surface area contributed by atoms with Crippen LogP contribution in [0.25, 0.3) is 0 Å². The Hall–Kier alpha value is -2.83. The molecule has 2 rings (SSSR count). The number of aliphatic carboxylic acids is 1. The number of carbonyl (C=O) groups is 2. The molecule has 0 aromatic heterocycles. The molecule has 144 valence electrons. The molecule has 27 heavy (non-hydrogen) atoms. The molecule has 1 unspecified atom stereocenters. The summed E-state index contributed by atoms with van der Waals surface area (Å²) in [6, 6.07) is 10.2. The van der Waals surface area contributed by atoms with Crippen LogP contribution >= 0.6 is 0 Å². The first kappa shape index (κ1) is 20.5. The second kappa shape index (κ2) is 8.24. The Morgan fingerprint density at radius 2 is 1.78 bits per heavy atom. The van der Waals surface area contributed by atoms with Crippen molar-refractivity contribution in [1.29, 1.82) is 0 Å². The third-order valence-electron chi connectivity index (χ3n) is 4.14. The SMILES string of the molecule is CCC(C(=O)O)N(C(=O)Cc1cccc(C(F)(F)F)c1)c1cccc(C)c1. The van der Waals surface area contributed by atoms with Crippen LogP contribution in [0.5, 0.6) is 0 Å².